The van der Waals surface area contributed by atoms with Crippen LogP contribution in [0.3, 0.4) is 0 Å². The zero-order valence-corrected chi connectivity index (χ0v) is 28.7. The van der Waals surface area contributed by atoms with E-state index in [2.05, 4.69) is 16.0 Å². The van der Waals surface area contributed by atoms with Crippen LogP contribution in [0.5, 0.6) is 0 Å². The number of amidine groups is 1. The van der Waals surface area contributed by atoms with Crippen molar-refractivity contribution < 1.29 is 32.6 Å². The number of urea groups is 1. The van der Waals surface area contributed by atoms with Crippen LogP contribution < -0.4 is 21.7 Å². The Morgan fingerprint density at radius 3 is 2.37 bits per heavy atom. The third kappa shape index (κ3) is 9.47. The highest BCUT2D eigenvalue weighted by atomic mass is 32.2. The van der Waals surface area contributed by atoms with Gasteiger partial charge in [-0.2, -0.15) is 0 Å². The molecule has 0 saturated heterocycles. The summed E-state index contributed by atoms with van der Waals surface area (Å²) >= 11 is 2.16. The molecule has 15 heteroatoms. The van der Waals surface area contributed by atoms with Gasteiger partial charge in [0.25, 0.3) is 0 Å². The average Bonchev–Trinajstić information content (AvgIpc) is 3.40. The number of aliphatic carboxylic acids is 1. The van der Waals surface area contributed by atoms with E-state index in [1.807, 2.05) is 6.07 Å². The highest BCUT2D eigenvalue weighted by molar-refractivity contribution is 8.01. The smallest absolute Gasteiger partial charge is 0.413 e. The van der Waals surface area contributed by atoms with Crippen molar-refractivity contribution in [1.29, 1.82) is 5.41 Å². The quantitative estimate of drug-likeness (QED) is 0.0405. The average molecular weight is 690 g/mol. The van der Waals surface area contributed by atoms with Crippen LogP contribution in [0.4, 0.5) is 21.0 Å². The lowest BCUT2D eigenvalue weighted by atomic mass is 9.97. The molecular formula is C31H39N5O7S3. The Morgan fingerprint density at radius 2 is 1.76 bits per heavy atom. The fourth-order valence-electron chi connectivity index (χ4n) is 4.54. The summed E-state index contributed by atoms with van der Waals surface area (Å²) < 4.78 is 34.5. The first-order valence-electron chi connectivity index (χ1n) is 14.3. The van der Waals surface area contributed by atoms with Crippen LogP contribution in [0.2, 0.25) is 0 Å². The Labute approximate surface area is 276 Å². The number of carboxylic acid groups (broad SMARTS) is 1. The summed E-state index contributed by atoms with van der Waals surface area (Å²) in [6, 6.07) is 11.2. The Hall–Kier alpha value is -4.08. The van der Waals surface area contributed by atoms with Crippen molar-refractivity contribution in [3.8, 4) is 11.1 Å². The lowest BCUT2D eigenvalue weighted by Gasteiger charge is -2.21. The van der Waals surface area contributed by atoms with Gasteiger partial charge in [-0.25, -0.2) is 18.0 Å². The van der Waals surface area contributed by atoms with E-state index < -0.39 is 33.5 Å². The number of nitrogens with two attached hydrogens (primary N) is 1. The molecule has 1 aromatic heterocycles. The molecule has 0 atom stereocenters. The van der Waals surface area contributed by atoms with E-state index >= 15 is 0 Å². The highest BCUT2D eigenvalue weighted by Gasteiger charge is 2.33. The molecule has 2 aromatic carbocycles. The number of sulfone groups is 1. The fourth-order valence-corrected chi connectivity index (χ4v) is 8.70. The third-order valence-electron chi connectivity index (χ3n) is 6.44. The summed E-state index contributed by atoms with van der Waals surface area (Å²) in [6.07, 6.45) is 2.47. The second kappa shape index (κ2) is 15.5. The summed E-state index contributed by atoms with van der Waals surface area (Å²) in [6.45, 7) is 7.05. The van der Waals surface area contributed by atoms with Gasteiger partial charge in [-0.1, -0.05) is 36.8 Å². The van der Waals surface area contributed by atoms with E-state index in [0.29, 0.717) is 40.2 Å². The van der Waals surface area contributed by atoms with Crippen LogP contribution >= 0.6 is 23.1 Å². The number of hydrogen-bond donors (Lipinski definition) is 6. The summed E-state index contributed by atoms with van der Waals surface area (Å²) in [4.78, 5) is 35.9. The highest BCUT2D eigenvalue weighted by Crippen LogP contribution is 2.45. The molecule has 0 radical (unpaired) electrons. The van der Waals surface area contributed by atoms with Crippen LogP contribution in [0.1, 0.15) is 56.9 Å². The van der Waals surface area contributed by atoms with Crippen molar-refractivity contribution in [2.45, 2.75) is 73.0 Å². The third-order valence-corrected chi connectivity index (χ3v) is 10.9. The van der Waals surface area contributed by atoms with E-state index in [1.54, 1.807) is 64.3 Å². The number of carbonyl (C=O) groups excluding carboxylic acids is 2. The van der Waals surface area contributed by atoms with Crippen molar-refractivity contribution in [2.75, 3.05) is 23.9 Å². The largest absolute Gasteiger partial charge is 0.481 e. The van der Waals surface area contributed by atoms with E-state index in [4.69, 9.17) is 21.0 Å². The molecule has 0 bridgehead atoms. The number of unbranched alkanes of at least 4 members (excludes halogenated alkanes) is 2. The number of hydrogen-bond acceptors (Lipinski definition) is 10. The van der Waals surface area contributed by atoms with E-state index in [1.165, 1.54) is 6.07 Å². The molecule has 0 aliphatic carbocycles. The van der Waals surface area contributed by atoms with Crippen molar-refractivity contribution in [3.63, 3.8) is 0 Å². The van der Waals surface area contributed by atoms with Crippen LogP contribution in [0, 0.1) is 12.3 Å². The first-order chi connectivity index (χ1) is 21.5. The standard InChI is InChI=1S/C31H39N5O7S3/c1-18-16-20(32)26(46(41,42)22-17-21(45-28(22)44-5)27(33)36-30(40)43-31(2,3)4)25(24(18)19-12-8-6-9-13-19)35-29(39)34-15-11-7-10-14-23(37)38/h6,8-9,12-13,16-17H,7,10-11,14-15,32H2,1-5H3,(H,37,38)(H2,33,36,40)(H2,34,35,39). The maximum absolute atomic E-state index is 14.5. The number of alkyl carbamates (subject to hydrolysis) is 1. The molecule has 0 aliphatic heterocycles. The predicted octanol–water partition coefficient (Wildman–Crippen LogP) is 6.48. The number of nitrogens with one attached hydrogen (secondary N) is 4. The second-order valence-electron chi connectivity index (χ2n) is 11.3. The minimum Gasteiger partial charge on any atom is -0.481 e. The SMILES string of the molecule is CSc1sc(C(=N)NC(=O)OC(C)(C)C)cc1S(=O)(=O)c1c(N)cc(C)c(-c2ccccc2)c1NC(=O)NCCCCCC(=O)O. The fraction of sp³-hybridized carbons (Fsp3) is 0.355. The van der Waals surface area contributed by atoms with E-state index in [0.717, 1.165) is 23.1 Å². The van der Waals surface area contributed by atoms with Crippen LogP contribution in [0.15, 0.2) is 56.5 Å². The van der Waals surface area contributed by atoms with E-state index in [-0.39, 0.29) is 44.8 Å². The molecule has 7 N–H and O–H groups in total. The maximum atomic E-state index is 14.5. The predicted molar refractivity (Wildman–Crippen MR) is 182 cm³/mol. The zero-order valence-electron chi connectivity index (χ0n) is 26.3. The molecule has 0 unspecified atom stereocenters. The summed E-state index contributed by atoms with van der Waals surface area (Å²) in [5.74, 6) is -1.22. The lowest BCUT2D eigenvalue weighted by molar-refractivity contribution is -0.137. The molecule has 3 rings (SSSR count). The number of thiophene rings is 1. The first-order valence-corrected chi connectivity index (χ1v) is 17.8. The van der Waals surface area contributed by atoms with Gasteiger partial charge in [-0.15, -0.1) is 23.1 Å². The van der Waals surface area contributed by atoms with Gasteiger partial charge in [0, 0.05) is 18.5 Å². The van der Waals surface area contributed by atoms with Gasteiger partial charge in [-0.05, 0) is 70.1 Å². The Kier molecular flexibility index (Phi) is 12.2. The van der Waals surface area contributed by atoms with Crippen molar-refractivity contribution >= 4 is 68.2 Å². The summed E-state index contributed by atoms with van der Waals surface area (Å²) in [5, 5.41) is 25.0. The van der Waals surface area contributed by atoms with Crippen molar-refractivity contribution in [2.24, 2.45) is 0 Å². The minimum atomic E-state index is -4.42. The van der Waals surface area contributed by atoms with Crippen LogP contribution in [-0.4, -0.2) is 55.9 Å². The number of anilines is 2. The molecule has 46 heavy (non-hydrogen) atoms. The molecular weight excluding hydrogens is 651 g/mol. The van der Waals surface area contributed by atoms with Crippen molar-refractivity contribution in [3.05, 3.63) is 52.9 Å². The van der Waals surface area contributed by atoms with E-state index in [9.17, 15) is 22.8 Å². The number of amides is 3. The van der Waals surface area contributed by atoms with Gasteiger partial charge in [-0.3, -0.25) is 15.5 Å². The topological polar surface area (TPSA) is 201 Å². The number of nitrogen functional groups attached to an aromatic ring is 1. The van der Waals surface area contributed by atoms with Gasteiger partial charge in [0.05, 0.1) is 25.4 Å². The number of carbonyl (C=O) groups is 3. The molecule has 0 aliphatic rings. The Bertz CT molecular complexity index is 1720. The number of thioether (sulfide) groups is 1. The second-order valence-corrected chi connectivity index (χ2v) is 15.3. The molecule has 248 valence electrons. The zero-order chi connectivity index (χ0) is 34.2. The van der Waals surface area contributed by atoms with Crippen molar-refractivity contribution in [1.82, 2.24) is 10.6 Å². The van der Waals surface area contributed by atoms with Gasteiger partial charge in [0.15, 0.2) is 0 Å². The molecule has 0 saturated carbocycles. The Balaban J connectivity index is 2.06. The number of aryl methyl sites for hydroxylation is 1. The van der Waals surface area contributed by atoms with Crippen LogP contribution in [-0.2, 0) is 19.4 Å². The summed E-state index contributed by atoms with van der Waals surface area (Å²) in [7, 11) is -4.42. The lowest BCUT2D eigenvalue weighted by Crippen LogP contribution is -2.36. The molecule has 3 aromatic rings. The summed E-state index contributed by atoms with van der Waals surface area (Å²) in [5.41, 5.74) is 7.28. The molecule has 1 heterocycles. The number of carboxylic acids is 1. The van der Waals surface area contributed by atoms with Gasteiger partial charge in [0.2, 0.25) is 9.84 Å². The van der Waals surface area contributed by atoms with Gasteiger partial charge in [0.1, 0.15) is 16.3 Å². The van der Waals surface area contributed by atoms with Gasteiger partial charge >= 0.3 is 18.1 Å². The first kappa shape index (κ1) is 36.4. The molecule has 0 fully saturated rings. The molecule has 12 nitrogen and oxygen atoms in total. The molecule has 0 spiro atoms. The minimum absolute atomic E-state index is 0.00571. The monoisotopic (exact) mass is 689 g/mol. The maximum Gasteiger partial charge on any atom is 0.413 e. The molecule has 3 amide bonds. The Morgan fingerprint density at radius 1 is 1.09 bits per heavy atom. The number of rotatable bonds is 12. The van der Waals surface area contributed by atoms with Gasteiger partial charge < -0.3 is 26.2 Å². The normalized spacial score (nSPS) is 11.5. The van der Waals surface area contributed by atoms with Crippen LogP contribution in [0.25, 0.3) is 11.1 Å². The number of ether oxygens (including phenoxy) is 1. The number of benzene rings is 2.